The number of rotatable bonds is 4. The van der Waals surface area contributed by atoms with Crippen LogP contribution >= 0.6 is 0 Å². The number of imidazole rings is 1. The van der Waals surface area contributed by atoms with Gasteiger partial charge in [-0.15, -0.1) is 0 Å². The van der Waals surface area contributed by atoms with Crippen LogP contribution in [0.3, 0.4) is 0 Å². The van der Waals surface area contributed by atoms with E-state index in [0.717, 1.165) is 60.4 Å². The van der Waals surface area contributed by atoms with Gasteiger partial charge in [-0.05, 0) is 31.2 Å². The van der Waals surface area contributed by atoms with Crippen molar-refractivity contribution < 1.29 is 0 Å². The van der Waals surface area contributed by atoms with E-state index >= 15 is 0 Å². The summed E-state index contributed by atoms with van der Waals surface area (Å²) < 4.78 is 2.09. The van der Waals surface area contributed by atoms with Gasteiger partial charge < -0.3 is 15.5 Å². The molecule has 0 bridgehead atoms. The molecule has 1 saturated heterocycles. The molecule has 0 spiro atoms. The Morgan fingerprint density at radius 1 is 1.16 bits per heavy atom. The van der Waals surface area contributed by atoms with Crippen LogP contribution < -0.4 is 15.5 Å². The second kappa shape index (κ2) is 7.70. The molecule has 8 heteroatoms. The van der Waals surface area contributed by atoms with Crippen molar-refractivity contribution in [3.8, 4) is 0 Å². The number of anilines is 2. The Kier molecular flexibility index (Phi) is 4.68. The summed E-state index contributed by atoms with van der Waals surface area (Å²) in [6, 6.07) is 0. The van der Waals surface area contributed by atoms with Gasteiger partial charge in [-0.2, -0.15) is 0 Å². The van der Waals surface area contributed by atoms with Gasteiger partial charge in [0.15, 0.2) is 5.82 Å². The van der Waals surface area contributed by atoms with E-state index in [4.69, 9.17) is 9.97 Å². The Labute approximate surface area is 187 Å². The minimum atomic E-state index is 0.565. The quantitative estimate of drug-likeness (QED) is 0.660. The van der Waals surface area contributed by atoms with Crippen LogP contribution in [0.25, 0.3) is 22.2 Å². The number of aryl methyl sites for hydroxylation is 1. The molecule has 3 aliphatic rings. The summed E-state index contributed by atoms with van der Waals surface area (Å²) in [6.45, 7) is 10.6. The molecule has 32 heavy (non-hydrogen) atoms. The van der Waals surface area contributed by atoms with E-state index < -0.39 is 0 Å². The Bertz CT molecular complexity index is 1230. The molecular weight excluding hydrogens is 400 g/mol. The first-order valence-corrected chi connectivity index (χ1v) is 11.5. The summed E-state index contributed by atoms with van der Waals surface area (Å²) in [5, 5.41) is 8.00. The molecular formula is C24H28N8. The lowest BCUT2D eigenvalue weighted by Crippen LogP contribution is -2.44. The first-order valence-electron chi connectivity index (χ1n) is 11.5. The van der Waals surface area contributed by atoms with Gasteiger partial charge in [0.05, 0.1) is 29.6 Å². The SMILES string of the molecule is C=CC(=C1CNc2nc(C)cn21)c1nc(N2CCNCC2)c2c(C3CCC3)cncc2n1. The average molecular weight is 429 g/mol. The number of nitrogens with one attached hydrogen (secondary N) is 2. The number of nitrogens with zero attached hydrogens (tertiary/aromatic N) is 6. The van der Waals surface area contributed by atoms with Crippen molar-refractivity contribution in [1.29, 1.82) is 0 Å². The Morgan fingerprint density at radius 3 is 2.75 bits per heavy atom. The molecule has 2 aliphatic heterocycles. The summed E-state index contributed by atoms with van der Waals surface area (Å²) in [7, 11) is 0. The molecule has 3 aromatic heterocycles. The lowest BCUT2D eigenvalue weighted by molar-refractivity contribution is 0.421. The molecule has 2 fully saturated rings. The maximum atomic E-state index is 5.19. The normalized spacial score (nSPS) is 20.1. The van der Waals surface area contributed by atoms with Gasteiger partial charge in [0, 0.05) is 49.5 Å². The largest absolute Gasteiger partial charge is 0.353 e. The molecule has 0 atom stereocenters. The minimum absolute atomic E-state index is 0.565. The highest BCUT2D eigenvalue weighted by atomic mass is 15.3. The molecule has 164 valence electrons. The molecule has 5 heterocycles. The number of allylic oxidation sites excluding steroid dienone is 2. The summed E-state index contributed by atoms with van der Waals surface area (Å²) in [6.07, 6.45) is 11.6. The number of hydrogen-bond acceptors (Lipinski definition) is 7. The number of hydrogen-bond donors (Lipinski definition) is 2. The molecule has 3 aromatic rings. The first kappa shape index (κ1) is 19.4. The predicted octanol–water partition coefficient (Wildman–Crippen LogP) is 3.19. The van der Waals surface area contributed by atoms with Gasteiger partial charge in [0.25, 0.3) is 0 Å². The highest BCUT2D eigenvalue weighted by molar-refractivity contribution is 5.96. The molecule has 6 rings (SSSR count). The predicted molar refractivity (Wildman–Crippen MR) is 128 cm³/mol. The number of piperazine rings is 1. The fourth-order valence-corrected chi connectivity index (χ4v) is 4.98. The van der Waals surface area contributed by atoms with Crippen molar-refractivity contribution in [2.75, 3.05) is 42.9 Å². The van der Waals surface area contributed by atoms with Crippen molar-refractivity contribution in [1.82, 2.24) is 29.8 Å². The first-order chi connectivity index (χ1) is 15.7. The van der Waals surface area contributed by atoms with Crippen molar-refractivity contribution in [3.63, 3.8) is 0 Å². The molecule has 0 radical (unpaired) electrons. The molecule has 2 N–H and O–H groups in total. The molecule has 1 saturated carbocycles. The molecule has 8 nitrogen and oxygen atoms in total. The molecule has 1 aliphatic carbocycles. The van der Waals surface area contributed by atoms with Crippen LogP contribution in [-0.2, 0) is 0 Å². The highest BCUT2D eigenvalue weighted by Gasteiger charge is 2.28. The van der Waals surface area contributed by atoms with E-state index in [1.165, 1.54) is 30.2 Å². The summed E-state index contributed by atoms with van der Waals surface area (Å²) in [5.74, 6) is 3.15. The summed E-state index contributed by atoms with van der Waals surface area (Å²) >= 11 is 0. The topological polar surface area (TPSA) is 83.8 Å². The highest BCUT2D eigenvalue weighted by Crippen LogP contribution is 2.42. The van der Waals surface area contributed by atoms with E-state index in [2.05, 4.69) is 36.6 Å². The van der Waals surface area contributed by atoms with Crippen molar-refractivity contribution in [2.24, 2.45) is 0 Å². The minimum Gasteiger partial charge on any atom is -0.353 e. The maximum absolute atomic E-state index is 5.19. The molecule has 0 aromatic carbocycles. The van der Waals surface area contributed by atoms with E-state index in [1.807, 2.05) is 31.6 Å². The lowest BCUT2D eigenvalue weighted by atomic mass is 9.79. The van der Waals surface area contributed by atoms with Gasteiger partial charge >= 0.3 is 0 Å². The second-order valence-electron chi connectivity index (χ2n) is 8.85. The lowest BCUT2D eigenvalue weighted by Gasteiger charge is -2.32. The van der Waals surface area contributed by atoms with Crippen LogP contribution in [0.4, 0.5) is 11.8 Å². The van der Waals surface area contributed by atoms with Gasteiger partial charge in [-0.25, -0.2) is 15.0 Å². The zero-order valence-electron chi connectivity index (χ0n) is 18.4. The Balaban J connectivity index is 1.57. The molecule has 0 unspecified atom stereocenters. The number of pyridine rings is 1. The number of fused-ring (bicyclic) bond motifs is 2. The zero-order chi connectivity index (χ0) is 21.7. The van der Waals surface area contributed by atoms with Crippen LogP contribution in [-0.4, -0.2) is 57.2 Å². The maximum Gasteiger partial charge on any atom is 0.207 e. The standard InChI is InChI=1S/C24H28N8/c1-3-17(20-13-27-24-28-15(2)14-32(20)24)22-29-19-12-26-11-18(16-5-4-6-16)21(19)23(30-22)31-9-7-25-8-10-31/h3,11-12,14,16,25H,1,4-10,13H2,2H3,(H,27,28). The van der Waals surface area contributed by atoms with Gasteiger partial charge in [-0.3, -0.25) is 9.55 Å². The fraction of sp³-hybridized carbons (Fsp3) is 0.417. The van der Waals surface area contributed by atoms with E-state index in [0.29, 0.717) is 18.3 Å². The van der Waals surface area contributed by atoms with E-state index in [-0.39, 0.29) is 0 Å². The fourth-order valence-electron chi connectivity index (χ4n) is 4.98. The van der Waals surface area contributed by atoms with E-state index in [9.17, 15) is 0 Å². The van der Waals surface area contributed by atoms with Crippen LogP contribution in [0.1, 0.15) is 42.3 Å². The van der Waals surface area contributed by atoms with Crippen LogP contribution in [0.5, 0.6) is 0 Å². The average Bonchev–Trinajstić information content (AvgIpc) is 3.33. The monoisotopic (exact) mass is 428 g/mol. The van der Waals surface area contributed by atoms with Crippen LogP contribution in [0.2, 0.25) is 0 Å². The smallest absolute Gasteiger partial charge is 0.207 e. The second-order valence-corrected chi connectivity index (χ2v) is 8.85. The van der Waals surface area contributed by atoms with Crippen molar-refractivity contribution in [2.45, 2.75) is 32.1 Å². The number of aromatic nitrogens is 5. The van der Waals surface area contributed by atoms with Gasteiger partial charge in [-0.1, -0.05) is 19.1 Å². The molecule has 0 amide bonds. The zero-order valence-corrected chi connectivity index (χ0v) is 18.4. The van der Waals surface area contributed by atoms with Gasteiger partial charge in [0.1, 0.15) is 5.82 Å². The third-order valence-corrected chi connectivity index (χ3v) is 6.87. The Morgan fingerprint density at radius 2 is 2.00 bits per heavy atom. The van der Waals surface area contributed by atoms with Crippen molar-refractivity contribution >= 4 is 33.9 Å². The third-order valence-electron chi connectivity index (χ3n) is 6.87. The van der Waals surface area contributed by atoms with Gasteiger partial charge in [0.2, 0.25) is 5.95 Å². The van der Waals surface area contributed by atoms with E-state index in [1.54, 1.807) is 0 Å². The third kappa shape index (κ3) is 3.09. The van der Waals surface area contributed by atoms with Crippen LogP contribution in [0.15, 0.2) is 31.2 Å². The Hall–Kier alpha value is -3.26. The summed E-state index contributed by atoms with van der Waals surface area (Å²) in [5.41, 5.74) is 5.20. The summed E-state index contributed by atoms with van der Waals surface area (Å²) in [4.78, 5) is 21.7. The van der Waals surface area contributed by atoms with Crippen molar-refractivity contribution in [3.05, 3.63) is 48.3 Å². The van der Waals surface area contributed by atoms with Crippen LogP contribution in [0, 0.1) is 6.92 Å².